The summed E-state index contributed by atoms with van der Waals surface area (Å²) in [5.74, 6) is 0.907. The molecule has 0 heterocycles. The SMILES string of the molecule is O=C(NCc1c(Cl)cccc1Oc1ccccc1)c1cccc(Cl)c1Cl. The Morgan fingerprint density at radius 2 is 1.54 bits per heavy atom. The van der Waals surface area contributed by atoms with Crippen LogP contribution in [0.3, 0.4) is 0 Å². The first-order valence-electron chi connectivity index (χ1n) is 7.79. The van der Waals surface area contributed by atoms with Gasteiger partial charge in [-0.1, -0.05) is 65.1 Å². The second-order valence-electron chi connectivity index (χ2n) is 5.42. The third-order valence-electron chi connectivity index (χ3n) is 3.67. The van der Waals surface area contributed by atoms with E-state index < -0.39 is 0 Å². The van der Waals surface area contributed by atoms with Crippen LogP contribution in [0, 0.1) is 0 Å². The highest BCUT2D eigenvalue weighted by atomic mass is 35.5. The third kappa shape index (κ3) is 4.31. The van der Waals surface area contributed by atoms with Gasteiger partial charge in [-0.05, 0) is 36.4 Å². The fourth-order valence-electron chi connectivity index (χ4n) is 2.36. The van der Waals surface area contributed by atoms with Gasteiger partial charge in [0.1, 0.15) is 11.5 Å². The zero-order valence-corrected chi connectivity index (χ0v) is 15.8. The quantitative estimate of drug-likeness (QED) is 0.534. The maximum absolute atomic E-state index is 12.4. The molecule has 6 heteroatoms. The number of hydrogen-bond acceptors (Lipinski definition) is 2. The minimum atomic E-state index is -0.344. The number of ether oxygens (including phenoxy) is 1. The summed E-state index contributed by atoms with van der Waals surface area (Å²) in [6.07, 6.45) is 0. The van der Waals surface area contributed by atoms with Gasteiger partial charge in [-0.2, -0.15) is 0 Å². The normalized spacial score (nSPS) is 10.4. The fourth-order valence-corrected chi connectivity index (χ4v) is 2.98. The third-order valence-corrected chi connectivity index (χ3v) is 4.84. The summed E-state index contributed by atoms with van der Waals surface area (Å²) in [7, 11) is 0. The second-order valence-corrected chi connectivity index (χ2v) is 6.61. The molecule has 0 radical (unpaired) electrons. The van der Waals surface area contributed by atoms with Gasteiger partial charge in [0.05, 0.1) is 15.6 Å². The van der Waals surface area contributed by atoms with Crippen LogP contribution in [-0.4, -0.2) is 5.91 Å². The summed E-state index contributed by atoms with van der Waals surface area (Å²) >= 11 is 18.4. The highest BCUT2D eigenvalue weighted by Gasteiger charge is 2.15. The van der Waals surface area contributed by atoms with E-state index in [4.69, 9.17) is 39.5 Å². The Kier molecular flexibility index (Phi) is 6.04. The standard InChI is InChI=1S/C20H14Cl3NO2/c21-16-9-5-11-18(26-13-6-2-1-3-7-13)15(16)12-24-20(25)14-8-4-10-17(22)19(14)23/h1-11H,12H2,(H,24,25). The topological polar surface area (TPSA) is 38.3 Å². The van der Waals surface area contributed by atoms with Crippen molar-refractivity contribution in [2.24, 2.45) is 0 Å². The molecule has 3 nitrogen and oxygen atoms in total. The van der Waals surface area contributed by atoms with Crippen LogP contribution in [0.15, 0.2) is 66.7 Å². The number of nitrogens with one attached hydrogen (secondary N) is 1. The molecule has 1 amide bonds. The smallest absolute Gasteiger partial charge is 0.253 e. The second kappa shape index (κ2) is 8.45. The Labute approximate surface area is 166 Å². The molecule has 0 saturated carbocycles. The van der Waals surface area contributed by atoms with Crippen molar-refractivity contribution in [1.29, 1.82) is 0 Å². The van der Waals surface area contributed by atoms with E-state index in [1.165, 1.54) is 0 Å². The predicted octanol–water partition coefficient (Wildman–Crippen LogP) is 6.37. The number of carbonyl (C=O) groups excluding carboxylic acids is 1. The lowest BCUT2D eigenvalue weighted by Gasteiger charge is -2.14. The molecule has 3 aromatic rings. The van der Waals surface area contributed by atoms with Gasteiger partial charge in [0.25, 0.3) is 5.91 Å². The summed E-state index contributed by atoms with van der Waals surface area (Å²) in [4.78, 5) is 12.4. The number of benzene rings is 3. The summed E-state index contributed by atoms with van der Waals surface area (Å²) in [6.45, 7) is 0.184. The van der Waals surface area contributed by atoms with Crippen molar-refractivity contribution in [2.45, 2.75) is 6.54 Å². The van der Waals surface area contributed by atoms with Crippen molar-refractivity contribution in [2.75, 3.05) is 0 Å². The van der Waals surface area contributed by atoms with Crippen molar-refractivity contribution in [1.82, 2.24) is 5.32 Å². The average molecular weight is 407 g/mol. The van der Waals surface area contributed by atoms with Crippen LogP contribution in [0.4, 0.5) is 0 Å². The minimum Gasteiger partial charge on any atom is -0.457 e. The molecule has 132 valence electrons. The molecule has 0 bridgehead atoms. The highest BCUT2D eigenvalue weighted by molar-refractivity contribution is 6.43. The van der Waals surface area contributed by atoms with Gasteiger partial charge in [0.2, 0.25) is 0 Å². The molecule has 0 atom stereocenters. The van der Waals surface area contributed by atoms with Gasteiger partial charge >= 0.3 is 0 Å². The number of halogens is 3. The Morgan fingerprint density at radius 1 is 0.846 bits per heavy atom. The van der Waals surface area contributed by atoms with Crippen molar-refractivity contribution in [3.8, 4) is 11.5 Å². The molecule has 0 aliphatic rings. The molecule has 0 unspecified atom stereocenters. The average Bonchev–Trinajstić information content (AvgIpc) is 2.64. The van der Waals surface area contributed by atoms with Crippen molar-refractivity contribution in [3.05, 3.63) is 92.9 Å². The maximum atomic E-state index is 12.4. The Hall–Kier alpha value is -2.20. The maximum Gasteiger partial charge on any atom is 0.253 e. The van der Waals surface area contributed by atoms with Gasteiger partial charge in [-0.25, -0.2) is 0 Å². The van der Waals surface area contributed by atoms with Crippen molar-refractivity contribution in [3.63, 3.8) is 0 Å². The lowest BCUT2D eigenvalue weighted by Crippen LogP contribution is -2.23. The van der Waals surface area contributed by atoms with E-state index in [1.807, 2.05) is 30.3 Å². The molecule has 3 rings (SSSR count). The van der Waals surface area contributed by atoms with E-state index in [-0.39, 0.29) is 17.5 Å². The first-order valence-corrected chi connectivity index (χ1v) is 8.92. The molecule has 0 aliphatic heterocycles. The first kappa shape index (κ1) is 18.6. The van der Waals surface area contributed by atoms with E-state index in [9.17, 15) is 4.79 Å². The molecule has 0 aromatic heterocycles. The van der Waals surface area contributed by atoms with Crippen LogP contribution < -0.4 is 10.1 Å². The molecule has 0 spiro atoms. The van der Waals surface area contributed by atoms with Gasteiger partial charge in [-0.3, -0.25) is 4.79 Å². The lowest BCUT2D eigenvalue weighted by molar-refractivity contribution is 0.0951. The fraction of sp³-hybridized carbons (Fsp3) is 0.0500. The summed E-state index contributed by atoms with van der Waals surface area (Å²) < 4.78 is 5.89. The predicted molar refractivity (Wildman–Crippen MR) is 106 cm³/mol. The van der Waals surface area contributed by atoms with E-state index >= 15 is 0 Å². The van der Waals surface area contributed by atoms with Crippen LogP contribution in [0.25, 0.3) is 0 Å². The largest absolute Gasteiger partial charge is 0.457 e. The number of rotatable bonds is 5. The summed E-state index contributed by atoms with van der Waals surface area (Å²) in [6, 6.07) is 19.6. The Morgan fingerprint density at radius 3 is 2.31 bits per heavy atom. The van der Waals surface area contributed by atoms with E-state index in [2.05, 4.69) is 5.32 Å². The molecule has 1 N–H and O–H groups in total. The Balaban J connectivity index is 1.79. The van der Waals surface area contributed by atoms with E-state index in [0.717, 1.165) is 0 Å². The van der Waals surface area contributed by atoms with Crippen LogP contribution in [0.5, 0.6) is 11.5 Å². The number of para-hydroxylation sites is 1. The number of carbonyl (C=O) groups is 1. The molecule has 26 heavy (non-hydrogen) atoms. The van der Waals surface area contributed by atoms with Crippen LogP contribution in [0.2, 0.25) is 15.1 Å². The monoisotopic (exact) mass is 405 g/mol. The zero-order valence-electron chi connectivity index (χ0n) is 13.5. The molecule has 3 aromatic carbocycles. The number of amides is 1. The molecular weight excluding hydrogens is 393 g/mol. The zero-order chi connectivity index (χ0) is 18.5. The van der Waals surface area contributed by atoms with Crippen molar-refractivity contribution >= 4 is 40.7 Å². The highest BCUT2D eigenvalue weighted by Crippen LogP contribution is 2.31. The molecule has 0 saturated heterocycles. The molecular formula is C20H14Cl3NO2. The summed E-state index contributed by atoms with van der Waals surface area (Å²) in [5, 5.41) is 3.84. The van der Waals surface area contributed by atoms with Gasteiger partial charge < -0.3 is 10.1 Å². The van der Waals surface area contributed by atoms with E-state index in [0.29, 0.717) is 32.7 Å². The lowest BCUT2D eigenvalue weighted by atomic mass is 10.1. The van der Waals surface area contributed by atoms with Crippen LogP contribution >= 0.6 is 34.8 Å². The van der Waals surface area contributed by atoms with Gasteiger partial charge in [-0.15, -0.1) is 0 Å². The van der Waals surface area contributed by atoms with Gasteiger partial charge in [0.15, 0.2) is 0 Å². The van der Waals surface area contributed by atoms with Crippen LogP contribution in [0.1, 0.15) is 15.9 Å². The van der Waals surface area contributed by atoms with Gasteiger partial charge in [0, 0.05) is 17.1 Å². The first-order chi connectivity index (χ1) is 12.6. The minimum absolute atomic E-state index is 0.184. The van der Waals surface area contributed by atoms with Crippen molar-refractivity contribution < 1.29 is 9.53 Å². The van der Waals surface area contributed by atoms with Crippen LogP contribution in [-0.2, 0) is 6.54 Å². The molecule has 0 fully saturated rings. The Bertz CT molecular complexity index is 930. The number of hydrogen-bond donors (Lipinski definition) is 1. The summed E-state index contributed by atoms with van der Waals surface area (Å²) in [5.41, 5.74) is 0.973. The van der Waals surface area contributed by atoms with E-state index in [1.54, 1.807) is 36.4 Å². The molecule has 0 aliphatic carbocycles.